The lowest BCUT2D eigenvalue weighted by atomic mass is 9.71. The molecule has 1 aromatic heterocycles. The summed E-state index contributed by atoms with van der Waals surface area (Å²) >= 11 is 0. The maximum Gasteiger partial charge on any atom is 0.0396 e. The zero-order chi connectivity index (χ0) is 14.0. The Morgan fingerprint density at radius 3 is 2.00 bits per heavy atom. The largest absolute Gasteiger partial charge is 0.382 e. The van der Waals surface area contributed by atoms with Gasteiger partial charge in [-0.25, -0.2) is 0 Å². The van der Waals surface area contributed by atoms with Crippen molar-refractivity contribution in [3.8, 4) is 0 Å². The van der Waals surface area contributed by atoms with Crippen LogP contribution in [-0.2, 0) is 0 Å². The van der Waals surface area contributed by atoms with E-state index in [1.165, 1.54) is 31.4 Å². The number of nitrogens with zero attached hydrogens (tertiary/aromatic N) is 1. The molecule has 1 saturated carbocycles. The Morgan fingerprint density at radius 2 is 1.53 bits per heavy atom. The lowest BCUT2D eigenvalue weighted by molar-refractivity contribution is 0.173. The van der Waals surface area contributed by atoms with Crippen LogP contribution in [0.1, 0.15) is 57.8 Å². The van der Waals surface area contributed by atoms with Crippen LogP contribution in [0.4, 0.5) is 5.69 Å². The van der Waals surface area contributed by atoms with Crippen LogP contribution >= 0.6 is 0 Å². The van der Waals surface area contributed by atoms with Gasteiger partial charge in [-0.1, -0.05) is 20.8 Å². The van der Waals surface area contributed by atoms with Crippen LogP contribution in [-0.4, -0.2) is 11.0 Å². The number of hydrogen-bond donors (Lipinski definition) is 1. The first-order chi connectivity index (χ1) is 8.84. The van der Waals surface area contributed by atoms with E-state index in [-0.39, 0.29) is 0 Å². The SMILES string of the molecule is Cc1cc(NC2CCC(C(C)(C)C)CC2)cc(C)n1. The average molecular weight is 260 g/mol. The minimum atomic E-state index is 0.467. The molecular formula is C17H28N2. The first-order valence-electron chi connectivity index (χ1n) is 7.56. The summed E-state index contributed by atoms with van der Waals surface area (Å²) in [4.78, 5) is 4.43. The van der Waals surface area contributed by atoms with Gasteiger partial charge in [0, 0.05) is 23.1 Å². The van der Waals surface area contributed by atoms with Crippen molar-refractivity contribution in [2.24, 2.45) is 11.3 Å². The fraction of sp³-hybridized carbons (Fsp3) is 0.706. The second kappa shape index (κ2) is 5.52. The minimum Gasteiger partial charge on any atom is -0.382 e. The van der Waals surface area contributed by atoms with Crippen LogP contribution in [0, 0.1) is 25.2 Å². The maximum atomic E-state index is 4.43. The number of hydrogen-bond acceptors (Lipinski definition) is 2. The van der Waals surface area contributed by atoms with Crippen LogP contribution in [0.2, 0.25) is 0 Å². The van der Waals surface area contributed by atoms with Crippen molar-refractivity contribution in [1.82, 2.24) is 4.98 Å². The number of rotatable bonds is 2. The Bertz CT molecular complexity index is 403. The Kier molecular flexibility index (Phi) is 4.17. The van der Waals surface area contributed by atoms with Crippen molar-refractivity contribution in [1.29, 1.82) is 0 Å². The molecule has 2 rings (SSSR count). The Morgan fingerprint density at radius 1 is 1.00 bits per heavy atom. The van der Waals surface area contributed by atoms with Crippen molar-refractivity contribution in [3.63, 3.8) is 0 Å². The van der Waals surface area contributed by atoms with Gasteiger partial charge in [0.25, 0.3) is 0 Å². The number of aromatic nitrogens is 1. The van der Waals surface area contributed by atoms with Crippen LogP contribution in [0.15, 0.2) is 12.1 Å². The fourth-order valence-electron chi connectivity index (χ4n) is 3.26. The third-order valence-electron chi connectivity index (χ3n) is 4.40. The summed E-state index contributed by atoms with van der Waals surface area (Å²) in [6, 6.07) is 4.95. The third-order valence-corrected chi connectivity index (χ3v) is 4.40. The second-order valence-electron chi connectivity index (χ2n) is 7.20. The van der Waals surface area contributed by atoms with Gasteiger partial charge in [0.05, 0.1) is 0 Å². The van der Waals surface area contributed by atoms with Gasteiger partial charge in [-0.15, -0.1) is 0 Å². The van der Waals surface area contributed by atoms with E-state index < -0.39 is 0 Å². The zero-order valence-electron chi connectivity index (χ0n) is 13.1. The molecule has 1 aromatic rings. The molecular weight excluding hydrogens is 232 g/mol. The molecule has 0 bridgehead atoms. The summed E-state index contributed by atoms with van der Waals surface area (Å²) in [5, 5.41) is 3.69. The molecule has 106 valence electrons. The summed E-state index contributed by atoms with van der Waals surface area (Å²) in [5.74, 6) is 0.881. The topological polar surface area (TPSA) is 24.9 Å². The fourth-order valence-corrected chi connectivity index (χ4v) is 3.26. The van der Waals surface area contributed by atoms with E-state index in [9.17, 15) is 0 Å². The third kappa shape index (κ3) is 3.95. The summed E-state index contributed by atoms with van der Waals surface area (Å²) in [5.41, 5.74) is 3.91. The predicted octanol–water partition coefficient (Wildman–Crippen LogP) is 4.72. The zero-order valence-corrected chi connectivity index (χ0v) is 13.1. The van der Waals surface area contributed by atoms with Crippen molar-refractivity contribution in [3.05, 3.63) is 23.5 Å². The van der Waals surface area contributed by atoms with E-state index >= 15 is 0 Å². The standard InChI is InChI=1S/C17H28N2/c1-12-10-16(11-13(2)18-12)19-15-8-6-14(7-9-15)17(3,4)5/h10-11,14-15H,6-9H2,1-5H3,(H,18,19). The molecule has 0 atom stereocenters. The molecule has 1 aliphatic rings. The quantitative estimate of drug-likeness (QED) is 0.832. The van der Waals surface area contributed by atoms with Crippen LogP contribution in [0.5, 0.6) is 0 Å². The molecule has 0 radical (unpaired) electrons. The second-order valence-corrected chi connectivity index (χ2v) is 7.20. The molecule has 19 heavy (non-hydrogen) atoms. The molecule has 0 amide bonds. The number of aryl methyl sites for hydroxylation is 2. The highest BCUT2D eigenvalue weighted by Crippen LogP contribution is 2.38. The Labute approximate surface area is 118 Å². The van der Waals surface area contributed by atoms with Gasteiger partial charge in [-0.2, -0.15) is 0 Å². The Hall–Kier alpha value is -1.05. The molecule has 0 aromatic carbocycles. The summed E-state index contributed by atoms with van der Waals surface area (Å²) < 4.78 is 0. The summed E-state index contributed by atoms with van der Waals surface area (Å²) in [6.07, 6.45) is 5.29. The normalized spacial score (nSPS) is 24.3. The summed E-state index contributed by atoms with van der Waals surface area (Å²) in [6.45, 7) is 11.3. The smallest absolute Gasteiger partial charge is 0.0396 e. The van der Waals surface area contributed by atoms with Crippen molar-refractivity contribution in [2.75, 3.05) is 5.32 Å². The molecule has 1 aliphatic carbocycles. The molecule has 0 unspecified atom stereocenters. The van der Waals surface area contributed by atoms with Gasteiger partial charge < -0.3 is 5.32 Å². The van der Waals surface area contributed by atoms with E-state index in [0.717, 1.165) is 17.3 Å². The van der Waals surface area contributed by atoms with Gasteiger partial charge in [0.2, 0.25) is 0 Å². The van der Waals surface area contributed by atoms with Gasteiger partial charge in [-0.05, 0) is 63.0 Å². The van der Waals surface area contributed by atoms with E-state index in [0.29, 0.717) is 11.5 Å². The van der Waals surface area contributed by atoms with E-state index in [1.54, 1.807) is 0 Å². The minimum absolute atomic E-state index is 0.467. The van der Waals surface area contributed by atoms with Crippen LogP contribution in [0.3, 0.4) is 0 Å². The average Bonchev–Trinajstić information content (AvgIpc) is 2.26. The first-order valence-corrected chi connectivity index (χ1v) is 7.56. The lowest BCUT2D eigenvalue weighted by Gasteiger charge is -2.37. The van der Waals surface area contributed by atoms with Gasteiger partial charge in [0.15, 0.2) is 0 Å². The van der Waals surface area contributed by atoms with E-state index in [2.05, 4.69) is 57.1 Å². The molecule has 0 spiro atoms. The monoisotopic (exact) mass is 260 g/mol. The predicted molar refractivity (Wildman–Crippen MR) is 82.5 cm³/mol. The first kappa shape index (κ1) is 14.4. The molecule has 1 fully saturated rings. The van der Waals surface area contributed by atoms with Crippen LogP contribution < -0.4 is 5.32 Å². The van der Waals surface area contributed by atoms with Crippen LogP contribution in [0.25, 0.3) is 0 Å². The number of pyridine rings is 1. The van der Waals surface area contributed by atoms with Crippen molar-refractivity contribution < 1.29 is 0 Å². The van der Waals surface area contributed by atoms with Gasteiger partial charge in [0.1, 0.15) is 0 Å². The van der Waals surface area contributed by atoms with Crippen molar-refractivity contribution >= 4 is 5.69 Å². The van der Waals surface area contributed by atoms with Gasteiger partial charge in [-0.3, -0.25) is 4.98 Å². The maximum absolute atomic E-state index is 4.43. The number of anilines is 1. The highest BCUT2D eigenvalue weighted by molar-refractivity contribution is 5.46. The molecule has 1 heterocycles. The van der Waals surface area contributed by atoms with E-state index in [4.69, 9.17) is 0 Å². The van der Waals surface area contributed by atoms with Gasteiger partial charge >= 0.3 is 0 Å². The molecule has 2 heteroatoms. The number of nitrogens with one attached hydrogen (secondary N) is 1. The highest BCUT2D eigenvalue weighted by Gasteiger charge is 2.29. The molecule has 1 N–H and O–H groups in total. The molecule has 0 saturated heterocycles. The molecule has 2 nitrogen and oxygen atoms in total. The lowest BCUT2D eigenvalue weighted by Crippen LogP contribution is -2.31. The van der Waals surface area contributed by atoms with E-state index in [1.807, 2.05) is 0 Å². The Balaban J connectivity index is 1.92. The molecule has 0 aliphatic heterocycles. The van der Waals surface area contributed by atoms with Crippen molar-refractivity contribution in [2.45, 2.75) is 66.3 Å². The summed E-state index contributed by atoms with van der Waals surface area (Å²) in [7, 11) is 0. The highest BCUT2D eigenvalue weighted by atomic mass is 14.9.